The standard InChI is InChI=1S/C24H29FN2O2/c1-3-26(4-2)16-17-28-23-10-8-22(9-11-23)27-14-12-20(13-15-27)19-29-24-7-5-6-21(25)18-24/h5-14,18H,3-4,15-17,19H2,1-2H3. The van der Waals surface area contributed by atoms with Crippen molar-refractivity contribution in [1.82, 2.24) is 4.90 Å². The lowest BCUT2D eigenvalue weighted by molar-refractivity contribution is 0.223. The number of hydrogen-bond donors (Lipinski definition) is 0. The molecular formula is C24H29FN2O2. The van der Waals surface area contributed by atoms with Crippen LogP contribution in [-0.2, 0) is 0 Å². The molecule has 0 spiro atoms. The Hall–Kier alpha value is -2.79. The number of anilines is 1. The predicted molar refractivity (Wildman–Crippen MR) is 116 cm³/mol. The van der Waals surface area contributed by atoms with Crippen LogP contribution in [0.25, 0.3) is 0 Å². The second-order valence-corrected chi connectivity index (χ2v) is 6.86. The molecule has 0 bridgehead atoms. The second-order valence-electron chi connectivity index (χ2n) is 6.86. The Labute approximate surface area is 172 Å². The summed E-state index contributed by atoms with van der Waals surface area (Å²) in [4.78, 5) is 4.50. The monoisotopic (exact) mass is 396 g/mol. The number of nitrogens with zero attached hydrogens (tertiary/aromatic N) is 2. The molecule has 5 heteroatoms. The fourth-order valence-electron chi connectivity index (χ4n) is 3.12. The molecule has 29 heavy (non-hydrogen) atoms. The van der Waals surface area contributed by atoms with Gasteiger partial charge in [0, 0.05) is 31.0 Å². The van der Waals surface area contributed by atoms with Crippen LogP contribution in [0.1, 0.15) is 13.8 Å². The zero-order valence-electron chi connectivity index (χ0n) is 17.2. The van der Waals surface area contributed by atoms with Crippen LogP contribution in [-0.4, -0.2) is 44.3 Å². The average Bonchev–Trinajstić information content (AvgIpc) is 2.76. The van der Waals surface area contributed by atoms with Crippen LogP contribution in [0.2, 0.25) is 0 Å². The van der Waals surface area contributed by atoms with E-state index in [0.717, 1.165) is 43.2 Å². The molecule has 0 aliphatic carbocycles. The molecule has 0 fully saturated rings. The molecule has 0 saturated heterocycles. The van der Waals surface area contributed by atoms with Crippen molar-refractivity contribution >= 4 is 5.69 Å². The van der Waals surface area contributed by atoms with Crippen molar-refractivity contribution in [3.63, 3.8) is 0 Å². The lowest BCUT2D eigenvalue weighted by Crippen LogP contribution is -2.27. The summed E-state index contributed by atoms with van der Waals surface area (Å²) in [5.41, 5.74) is 2.18. The van der Waals surface area contributed by atoms with Gasteiger partial charge in [0.05, 0.1) is 0 Å². The van der Waals surface area contributed by atoms with Crippen LogP contribution in [0, 0.1) is 5.82 Å². The Morgan fingerprint density at radius 1 is 1.00 bits per heavy atom. The first kappa shape index (κ1) is 20.9. The van der Waals surface area contributed by atoms with Gasteiger partial charge in [-0.2, -0.15) is 0 Å². The van der Waals surface area contributed by atoms with Crippen molar-refractivity contribution in [2.24, 2.45) is 0 Å². The van der Waals surface area contributed by atoms with Crippen LogP contribution >= 0.6 is 0 Å². The Balaban J connectivity index is 1.46. The minimum Gasteiger partial charge on any atom is -0.492 e. The summed E-state index contributed by atoms with van der Waals surface area (Å²) in [6.07, 6.45) is 6.19. The van der Waals surface area contributed by atoms with Crippen LogP contribution < -0.4 is 14.4 Å². The summed E-state index contributed by atoms with van der Waals surface area (Å²) in [6, 6.07) is 14.4. The molecule has 0 radical (unpaired) electrons. The first-order valence-electron chi connectivity index (χ1n) is 10.2. The van der Waals surface area contributed by atoms with Gasteiger partial charge in [-0.3, -0.25) is 0 Å². The predicted octanol–water partition coefficient (Wildman–Crippen LogP) is 4.89. The van der Waals surface area contributed by atoms with Gasteiger partial charge in [-0.1, -0.05) is 26.0 Å². The highest BCUT2D eigenvalue weighted by Crippen LogP contribution is 2.22. The van der Waals surface area contributed by atoms with Crippen LogP contribution in [0.3, 0.4) is 0 Å². The van der Waals surface area contributed by atoms with Gasteiger partial charge in [0.1, 0.15) is 30.5 Å². The van der Waals surface area contributed by atoms with E-state index in [4.69, 9.17) is 9.47 Å². The summed E-state index contributed by atoms with van der Waals surface area (Å²) < 4.78 is 24.7. The largest absolute Gasteiger partial charge is 0.492 e. The Bertz CT molecular complexity index is 829. The van der Waals surface area contributed by atoms with E-state index in [-0.39, 0.29) is 5.82 Å². The maximum atomic E-state index is 13.2. The van der Waals surface area contributed by atoms with Crippen LogP contribution in [0.4, 0.5) is 10.1 Å². The maximum Gasteiger partial charge on any atom is 0.126 e. The molecule has 0 amide bonds. The van der Waals surface area contributed by atoms with Crippen molar-refractivity contribution in [2.75, 3.05) is 44.3 Å². The molecule has 1 heterocycles. The lowest BCUT2D eigenvalue weighted by Gasteiger charge is -2.23. The van der Waals surface area contributed by atoms with E-state index in [0.29, 0.717) is 19.0 Å². The Morgan fingerprint density at radius 2 is 1.79 bits per heavy atom. The van der Waals surface area contributed by atoms with Crippen molar-refractivity contribution in [2.45, 2.75) is 13.8 Å². The topological polar surface area (TPSA) is 24.9 Å². The van der Waals surface area contributed by atoms with Crippen LogP contribution in [0.15, 0.2) is 72.5 Å². The molecule has 4 nitrogen and oxygen atoms in total. The minimum atomic E-state index is -0.290. The van der Waals surface area contributed by atoms with E-state index in [9.17, 15) is 4.39 Å². The van der Waals surface area contributed by atoms with Crippen molar-refractivity contribution in [1.29, 1.82) is 0 Å². The molecule has 2 aromatic carbocycles. The first-order chi connectivity index (χ1) is 14.2. The van der Waals surface area contributed by atoms with Gasteiger partial charge < -0.3 is 19.3 Å². The maximum absolute atomic E-state index is 13.2. The molecule has 154 valence electrons. The molecule has 1 aliphatic heterocycles. The van der Waals surface area contributed by atoms with Crippen molar-refractivity contribution in [3.05, 3.63) is 78.3 Å². The quantitative estimate of drug-likeness (QED) is 0.571. The third kappa shape index (κ3) is 6.36. The number of likely N-dealkylation sites (N-methyl/N-ethyl adjacent to an activating group) is 1. The molecule has 0 N–H and O–H groups in total. The van der Waals surface area contributed by atoms with Gasteiger partial charge in [-0.25, -0.2) is 4.39 Å². The Morgan fingerprint density at radius 3 is 2.45 bits per heavy atom. The Kier molecular flexibility index (Phi) is 7.70. The van der Waals surface area contributed by atoms with E-state index in [1.807, 2.05) is 24.4 Å². The summed E-state index contributed by atoms with van der Waals surface area (Å²) in [5.74, 6) is 1.14. The zero-order valence-corrected chi connectivity index (χ0v) is 17.2. The summed E-state index contributed by atoms with van der Waals surface area (Å²) >= 11 is 0. The SMILES string of the molecule is CCN(CC)CCOc1ccc(N2C=CC(COc3cccc(F)c3)=CC2)cc1. The van der Waals surface area contributed by atoms with E-state index >= 15 is 0 Å². The van der Waals surface area contributed by atoms with Gasteiger partial charge in [0.25, 0.3) is 0 Å². The van der Waals surface area contributed by atoms with Gasteiger partial charge in [-0.05, 0) is 61.1 Å². The van der Waals surface area contributed by atoms with Gasteiger partial charge in [0.2, 0.25) is 0 Å². The molecule has 3 rings (SSSR count). The summed E-state index contributed by atoms with van der Waals surface area (Å²) in [7, 11) is 0. The smallest absolute Gasteiger partial charge is 0.126 e. The van der Waals surface area contributed by atoms with E-state index in [1.165, 1.54) is 12.1 Å². The molecule has 1 aliphatic rings. The number of rotatable bonds is 10. The summed E-state index contributed by atoms with van der Waals surface area (Å²) in [5, 5.41) is 0. The van der Waals surface area contributed by atoms with Gasteiger partial charge >= 0.3 is 0 Å². The minimum absolute atomic E-state index is 0.290. The van der Waals surface area contributed by atoms with E-state index in [1.54, 1.807) is 12.1 Å². The summed E-state index contributed by atoms with van der Waals surface area (Å²) in [6.45, 7) is 9.24. The second kappa shape index (κ2) is 10.7. The lowest BCUT2D eigenvalue weighted by atomic mass is 10.2. The number of ether oxygens (including phenoxy) is 2. The molecule has 0 aromatic heterocycles. The normalized spacial score (nSPS) is 13.5. The third-order valence-corrected chi connectivity index (χ3v) is 4.96. The van der Waals surface area contributed by atoms with Gasteiger partial charge in [-0.15, -0.1) is 0 Å². The number of hydrogen-bond acceptors (Lipinski definition) is 4. The van der Waals surface area contributed by atoms with Crippen molar-refractivity contribution in [3.8, 4) is 11.5 Å². The fraction of sp³-hybridized carbons (Fsp3) is 0.333. The molecular weight excluding hydrogens is 367 g/mol. The molecule has 2 aromatic rings. The van der Waals surface area contributed by atoms with Crippen LogP contribution in [0.5, 0.6) is 11.5 Å². The van der Waals surface area contributed by atoms with E-state index in [2.05, 4.69) is 41.9 Å². The highest BCUT2D eigenvalue weighted by Gasteiger charge is 2.08. The first-order valence-corrected chi connectivity index (χ1v) is 10.2. The highest BCUT2D eigenvalue weighted by molar-refractivity contribution is 5.54. The third-order valence-electron chi connectivity index (χ3n) is 4.96. The van der Waals surface area contributed by atoms with Gasteiger partial charge in [0.15, 0.2) is 0 Å². The fourth-order valence-corrected chi connectivity index (χ4v) is 3.12. The van der Waals surface area contributed by atoms with Crippen molar-refractivity contribution < 1.29 is 13.9 Å². The van der Waals surface area contributed by atoms with E-state index < -0.39 is 0 Å². The molecule has 0 saturated carbocycles. The number of halogens is 1. The zero-order chi connectivity index (χ0) is 20.5. The highest BCUT2D eigenvalue weighted by atomic mass is 19.1. The average molecular weight is 397 g/mol. The molecule has 0 unspecified atom stereocenters. The number of benzene rings is 2. The molecule has 0 atom stereocenters.